The van der Waals surface area contributed by atoms with Crippen molar-refractivity contribution >= 4 is 17.4 Å². The SMILES string of the molecule is OC(CN(Cc1cccc(OC(F)(F)C(F)F)c1)c1cccc(Oc2cccc(SC(F)(F)F)c2)c1)C(F)(F)F. The predicted octanol–water partition coefficient (Wildman–Crippen LogP) is 8.26. The summed E-state index contributed by atoms with van der Waals surface area (Å²) in [6.07, 6.45) is -16.8. The molecule has 0 bridgehead atoms. The van der Waals surface area contributed by atoms with Gasteiger partial charge in [-0.2, -0.15) is 43.9 Å². The highest BCUT2D eigenvalue weighted by molar-refractivity contribution is 8.00. The standard InChI is InChI=1S/C25H19F10NO3S/c26-22(27)24(31,32)39-19-8-1-4-15(10-19)13-36(14-21(37)23(28,29)30)16-5-2-6-17(11-16)38-18-7-3-9-20(12-18)40-25(33,34)35/h1-12,21-22,37H,13-14H2. The van der Waals surface area contributed by atoms with Gasteiger partial charge in [0, 0.05) is 23.2 Å². The van der Waals surface area contributed by atoms with E-state index in [0.29, 0.717) is 0 Å². The fourth-order valence-corrected chi connectivity index (χ4v) is 3.91. The lowest BCUT2D eigenvalue weighted by atomic mass is 10.1. The Hall–Kier alpha value is -3.33. The van der Waals surface area contributed by atoms with Gasteiger partial charge in [-0.3, -0.25) is 0 Å². The highest BCUT2D eigenvalue weighted by Gasteiger charge is 2.44. The van der Waals surface area contributed by atoms with E-state index >= 15 is 0 Å². The third-order valence-electron chi connectivity index (χ3n) is 5.01. The van der Waals surface area contributed by atoms with Crippen molar-refractivity contribution in [3.8, 4) is 17.2 Å². The molecule has 0 aliphatic heterocycles. The molecule has 1 atom stereocenters. The van der Waals surface area contributed by atoms with Crippen LogP contribution in [-0.4, -0.2) is 42.0 Å². The van der Waals surface area contributed by atoms with E-state index in [1.807, 2.05) is 0 Å². The molecule has 0 spiro atoms. The van der Waals surface area contributed by atoms with Crippen molar-refractivity contribution in [1.82, 2.24) is 0 Å². The number of nitrogens with zero attached hydrogens (tertiary/aromatic N) is 1. The minimum atomic E-state index is -5.02. The summed E-state index contributed by atoms with van der Waals surface area (Å²) in [6, 6.07) is 14.7. The molecule has 0 fully saturated rings. The Labute approximate surface area is 225 Å². The van der Waals surface area contributed by atoms with E-state index in [-0.39, 0.29) is 39.4 Å². The number of benzene rings is 3. The molecule has 3 rings (SSSR count). The van der Waals surface area contributed by atoms with Gasteiger partial charge in [-0.1, -0.05) is 24.3 Å². The molecule has 0 heterocycles. The van der Waals surface area contributed by atoms with Gasteiger partial charge in [0.05, 0.1) is 6.54 Å². The molecule has 218 valence electrons. The van der Waals surface area contributed by atoms with Gasteiger partial charge in [-0.15, -0.1) is 0 Å². The molecule has 0 saturated heterocycles. The second-order valence-corrected chi connectivity index (χ2v) is 9.31. The maximum absolute atomic E-state index is 13.3. The van der Waals surface area contributed by atoms with Gasteiger partial charge in [0.1, 0.15) is 17.2 Å². The summed E-state index contributed by atoms with van der Waals surface area (Å²) in [5, 5.41) is 9.69. The van der Waals surface area contributed by atoms with Crippen LogP contribution in [0.25, 0.3) is 0 Å². The van der Waals surface area contributed by atoms with Crippen LogP contribution in [0.1, 0.15) is 5.56 Å². The zero-order chi connectivity index (χ0) is 29.7. The van der Waals surface area contributed by atoms with Crippen LogP contribution >= 0.6 is 11.8 Å². The third kappa shape index (κ3) is 9.40. The number of thioether (sulfide) groups is 1. The molecule has 0 aliphatic rings. The first kappa shape index (κ1) is 31.2. The topological polar surface area (TPSA) is 41.9 Å². The lowest BCUT2D eigenvalue weighted by Gasteiger charge is -2.29. The zero-order valence-electron chi connectivity index (χ0n) is 19.9. The molecular formula is C25H19F10NO3S. The maximum Gasteiger partial charge on any atom is 0.461 e. The van der Waals surface area contributed by atoms with Gasteiger partial charge in [0.15, 0.2) is 6.10 Å². The van der Waals surface area contributed by atoms with Crippen molar-refractivity contribution < 1.29 is 58.5 Å². The van der Waals surface area contributed by atoms with Gasteiger partial charge >= 0.3 is 24.2 Å². The first-order valence-corrected chi connectivity index (χ1v) is 11.9. The number of halogens is 10. The van der Waals surface area contributed by atoms with Crippen molar-refractivity contribution in [2.45, 2.75) is 41.8 Å². The number of anilines is 1. The van der Waals surface area contributed by atoms with E-state index < -0.39 is 49.2 Å². The highest BCUT2D eigenvalue weighted by Crippen LogP contribution is 2.39. The molecule has 0 aliphatic carbocycles. The van der Waals surface area contributed by atoms with E-state index in [0.717, 1.165) is 29.2 Å². The van der Waals surface area contributed by atoms with Crippen molar-refractivity contribution in [2.24, 2.45) is 0 Å². The first-order valence-electron chi connectivity index (χ1n) is 11.1. The number of aliphatic hydroxyl groups is 1. The van der Waals surface area contributed by atoms with Crippen LogP contribution in [-0.2, 0) is 6.54 Å². The summed E-state index contributed by atoms with van der Waals surface area (Å²) in [7, 11) is 0. The Kier molecular flexibility index (Phi) is 9.72. The lowest BCUT2D eigenvalue weighted by Crippen LogP contribution is -2.40. The molecule has 0 saturated carbocycles. The molecule has 15 heteroatoms. The predicted molar refractivity (Wildman–Crippen MR) is 126 cm³/mol. The minimum Gasteiger partial charge on any atom is -0.457 e. The molecular weight excluding hydrogens is 584 g/mol. The number of ether oxygens (including phenoxy) is 2. The summed E-state index contributed by atoms with van der Waals surface area (Å²) < 4.78 is 139. The Morgan fingerprint density at radius 2 is 1.38 bits per heavy atom. The molecule has 3 aromatic carbocycles. The van der Waals surface area contributed by atoms with E-state index in [1.165, 1.54) is 48.5 Å². The van der Waals surface area contributed by atoms with Gasteiger partial charge in [0.25, 0.3) is 0 Å². The second-order valence-electron chi connectivity index (χ2n) is 8.17. The van der Waals surface area contributed by atoms with Gasteiger partial charge in [-0.25, -0.2) is 0 Å². The fraction of sp³-hybridized carbons (Fsp3) is 0.280. The Bertz CT molecular complexity index is 1270. The summed E-state index contributed by atoms with van der Waals surface area (Å²) >= 11 is -0.372. The van der Waals surface area contributed by atoms with Gasteiger partial charge in [0.2, 0.25) is 0 Å². The van der Waals surface area contributed by atoms with Crippen LogP contribution in [0.15, 0.2) is 77.7 Å². The monoisotopic (exact) mass is 603 g/mol. The van der Waals surface area contributed by atoms with Crippen LogP contribution in [0.2, 0.25) is 0 Å². The Balaban J connectivity index is 1.88. The number of hydrogen-bond acceptors (Lipinski definition) is 5. The molecule has 0 radical (unpaired) electrons. The molecule has 1 N–H and O–H groups in total. The quantitative estimate of drug-likeness (QED) is 0.177. The molecule has 3 aromatic rings. The molecule has 40 heavy (non-hydrogen) atoms. The molecule has 1 unspecified atom stereocenters. The Morgan fingerprint density at radius 3 is 2.00 bits per heavy atom. The summed E-state index contributed by atoms with van der Waals surface area (Å²) in [5.41, 5.74) is -4.43. The van der Waals surface area contributed by atoms with Gasteiger partial charge in [-0.05, 0) is 59.8 Å². The fourth-order valence-electron chi connectivity index (χ4n) is 3.32. The molecule has 0 amide bonds. The van der Waals surface area contributed by atoms with E-state index in [1.54, 1.807) is 0 Å². The molecule has 4 nitrogen and oxygen atoms in total. The van der Waals surface area contributed by atoms with E-state index in [2.05, 4.69) is 4.74 Å². The maximum atomic E-state index is 13.3. The van der Waals surface area contributed by atoms with Crippen LogP contribution in [0, 0.1) is 0 Å². The van der Waals surface area contributed by atoms with Crippen LogP contribution < -0.4 is 14.4 Å². The van der Waals surface area contributed by atoms with E-state index in [4.69, 9.17) is 4.74 Å². The number of rotatable bonds is 11. The molecule has 0 aromatic heterocycles. The second kappa shape index (κ2) is 12.5. The van der Waals surface area contributed by atoms with Gasteiger partial charge < -0.3 is 19.5 Å². The highest BCUT2D eigenvalue weighted by atomic mass is 32.2. The summed E-state index contributed by atoms with van der Waals surface area (Å²) in [4.78, 5) is 0.848. The van der Waals surface area contributed by atoms with Crippen molar-refractivity contribution in [1.29, 1.82) is 0 Å². The zero-order valence-corrected chi connectivity index (χ0v) is 20.7. The van der Waals surface area contributed by atoms with Crippen molar-refractivity contribution in [3.63, 3.8) is 0 Å². The van der Waals surface area contributed by atoms with Crippen molar-refractivity contribution in [2.75, 3.05) is 11.4 Å². The van der Waals surface area contributed by atoms with E-state index in [9.17, 15) is 49.0 Å². The number of hydrogen-bond donors (Lipinski definition) is 1. The first-order chi connectivity index (χ1) is 18.5. The lowest BCUT2D eigenvalue weighted by molar-refractivity contribution is -0.253. The van der Waals surface area contributed by atoms with Crippen LogP contribution in [0.5, 0.6) is 17.2 Å². The van der Waals surface area contributed by atoms with Crippen molar-refractivity contribution in [3.05, 3.63) is 78.4 Å². The average Bonchev–Trinajstić information content (AvgIpc) is 2.82. The van der Waals surface area contributed by atoms with Crippen LogP contribution in [0.3, 0.4) is 0 Å². The smallest absolute Gasteiger partial charge is 0.457 e. The third-order valence-corrected chi connectivity index (χ3v) is 5.73. The minimum absolute atomic E-state index is 0.00177. The Morgan fingerprint density at radius 1 is 0.775 bits per heavy atom. The normalized spacial score (nSPS) is 13.3. The summed E-state index contributed by atoms with van der Waals surface area (Å²) in [6.45, 7) is -1.45. The average molecular weight is 603 g/mol. The number of aliphatic hydroxyl groups excluding tert-OH is 1. The largest absolute Gasteiger partial charge is 0.461 e. The number of alkyl halides is 10. The van der Waals surface area contributed by atoms with Crippen LogP contribution in [0.4, 0.5) is 49.6 Å². The summed E-state index contributed by atoms with van der Waals surface area (Å²) in [5.74, 6) is -0.655.